The van der Waals surface area contributed by atoms with E-state index < -0.39 is 0 Å². The van der Waals surface area contributed by atoms with Crippen molar-refractivity contribution in [3.8, 4) is 0 Å². The van der Waals surface area contributed by atoms with Crippen LogP contribution in [-0.2, 0) is 0 Å². The smallest absolute Gasteiger partial charge is 0.255 e. The van der Waals surface area contributed by atoms with Gasteiger partial charge in [0.1, 0.15) is 6.26 Å². The molecule has 13 heavy (non-hydrogen) atoms. The monoisotopic (exact) mass is 200 g/mol. The second kappa shape index (κ2) is 5.29. The molecule has 3 nitrogen and oxygen atoms in total. The first-order valence-corrected chi connectivity index (χ1v) is 5.45. The van der Waals surface area contributed by atoms with Gasteiger partial charge >= 0.3 is 0 Å². The molecule has 1 aromatic heterocycles. The van der Waals surface area contributed by atoms with E-state index in [4.69, 9.17) is 4.42 Å². The molecule has 1 rings (SSSR count). The van der Waals surface area contributed by atoms with Crippen molar-refractivity contribution < 1.29 is 4.42 Å². The molecule has 0 saturated heterocycles. The average molecular weight is 200 g/mol. The van der Waals surface area contributed by atoms with Crippen molar-refractivity contribution in [2.24, 2.45) is 0 Å². The molecule has 0 saturated carbocycles. The largest absolute Gasteiger partial charge is 0.440 e. The van der Waals surface area contributed by atoms with Crippen LogP contribution in [-0.4, -0.2) is 23.3 Å². The summed E-state index contributed by atoms with van der Waals surface area (Å²) in [6.45, 7) is 7.20. The Balaban J connectivity index is 2.13. The number of rotatable bonds is 5. The van der Waals surface area contributed by atoms with Gasteiger partial charge in [0, 0.05) is 18.3 Å². The van der Waals surface area contributed by atoms with E-state index in [2.05, 4.69) is 24.1 Å². The van der Waals surface area contributed by atoms with Crippen molar-refractivity contribution in [3.63, 3.8) is 0 Å². The normalized spacial score (nSPS) is 11.1. The number of thioether (sulfide) groups is 1. The molecule has 0 aliphatic rings. The highest BCUT2D eigenvalue weighted by molar-refractivity contribution is 7.99. The van der Waals surface area contributed by atoms with Crippen molar-refractivity contribution in [2.75, 3.05) is 12.3 Å². The van der Waals surface area contributed by atoms with Gasteiger partial charge in [0.2, 0.25) is 0 Å². The fourth-order valence-electron chi connectivity index (χ4n) is 0.885. The Morgan fingerprint density at radius 1 is 1.62 bits per heavy atom. The summed E-state index contributed by atoms with van der Waals surface area (Å²) in [6.07, 6.45) is 1.68. The average Bonchev–Trinajstić information content (AvgIpc) is 2.45. The van der Waals surface area contributed by atoms with Gasteiger partial charge in [-0.15, -0.1) is 0 Å². The first-order valence-electron chi connectivity index (χ1n) is 4.47. The molecule has 0 bridgehead atoms. The van der Waals surface area contributed by atoms with Gasteiger partial charge in [-0.25, -0.2) is 4.98 Å². The summed E-state index contributed by atoms with van der Waals surface area (Å²) in [5.41, 5.74) is 0.944. The molecule has 0 radical (unpaired) electrons. The Labute approximate surface area is 83.3 Å². The summed E-state index contributed by atoms with van der Waals surface area (Å²) < 4.78 is 5.20. The summed E-state index contributed by atoms with van der Waals surface area (Å²) in [6, 6.07) is 0.548. The van der Waals surface area contributed by atoms with Gasteiger partial charge in [-0.3, -0.25) is 0 Å². The van der Waals surface area contributed by atoms with Crippen LogP contribution < -0.4 is 5.32 Å². The second-order valence-electron chi connectivity index (χ2n) is 3.21. The van der Waals surface area contributed by atoms with Crippen LogP contribution in [0.2, 0.25) is 0 Å². The molecule has 0 unspecified atom stereocenters. The van der Waals surface area contributed by atoms with E-state index in [0.29, 0.717) is 6.04 Å². The van der Waals surface area contributed by atoms with Crippen LogP contribution in [0.1, 0.15) is 19.5 Å². The van der Waals surface area contributed by atoms with Crippen molar-refractivity contribution in [1.82, 2.24) is 10.3 Å². The minimum atomic E-state index is 0.548. The van der Waals surface area contributed by atoms with E-state index in [0.717, 1.165) is 23.2 Å². The van der Waals surface area contributed by atoms with E-state index in [1.165, 1.54) is 0 Å². The summed E-state index contributed by atoms with van der Waals surface area (Å²) in [7, 11) is 0. The predicted octanol–water partition coefficient (Wildman–Crippen LogP) is 2.07. The van der Waals surface area contributed by atoms with Crippen molar-refractivity contribution in [3.05, 3.63) is 12.0 Å². The Hall–Kier alpha value is -0.480. The molecule has 1 aromatic rings. The summed E-state index contributed by atoms with van der Waals surface area (Å²) in [5.74, 6) is 0.998. The highest BCUT2D eigenvalue weighted by Crippen LogP contribution is 2.15. The second-order valence-corrected chi connectivity index (χ2v) is 4.26. The fourth-order valence-corrected chi connectivity index (χ4v) is 1.60. The molecule has 0 aromatic carbocycles. The first kappa shape index (κ1) is 10.6. The number of hydrogen-bond acceptors (Lipinski definition) is 4. The molecule has 0 amide bonds. The van der Waals surface area contributed by atoms with Gasteiger partial charge in [-0.1, -0.05) is 25.6 Å². The van der Waals surface area contributed by atoms with E-state index in [-0.39, 0.29) is 0 Å². The van der Waals surface area contributed by atoms with E-state index >= 15 is 0 Å². The summed E-state index contributed by atoms with van der Waals surface area (Å²) >= 11 is 1.64. The number of aryl methyl sites for hydroxylation is 1. The Bertz CT molecular complexity index is 248. The van der Waals surface area contributed by atoms with Gasteiger partial charge in [0.25, 0.3) is 5.22 Å². The van der Waals surface area contributed by atoms with Gasteiger partial charge in [-0.2, -0.15) is 0 Å². The third kappa shape index (κ3) is 4.33. The van der Waals surface area contributed by atoms with Crippen molar-refractivity contribution >= 4 is 11.8 Å². The molecule has 1 N–H and O–H groups in total. The lowest BCUT2D eigenvalue weighted by molar-refractivity contribution is 0.453. The number of nitrogens with zero attached hydrogens (tertiary/aromatic N) is 1. The summed E-state index contributed by atoms with van der Waals surface area (Å²) in [5, 5.41) is 4.10. The maximum absolute atomic E-state index is 5.20. The highest BCUT2D eigenvalue weighted by Gasteiger charge is 2.00. The molecule has 4 heteroatoms. The molecular formula is C9H16N2OS. The summed E-state index contributed by atoms with van der Waals surface area (Å²) in [4.78, 5) is 4.20. The SMILES string of the molecule is Cc1coc(SCCNC(C)C)n1. The lowest BCUT2D eigenvalue weighted by Gasteiger charge is -2.05. The molecule has 0 aliphatic heterocycles. The third-order valence-electron chi connectivity index (χ3n) is 1.48. The van der Waals surface area contributed by atoms with E-state index in [9.17, 15) is 0 Å². The van der Waals surface area contributed by atoms with Crippen LogP contribution in [0.25, 0.3) is 0 Å². The van der Waals surface area contributed by atoms with Gasteiger partial charge in [-0.05, 0) is 6.92 Å². The predicted molar refractivity (Wildman–Crippen MR) is 55.1 cm³/mol. The third-order valence-corrected chi connectivity index (χ3v) is 2.32. The van der Waals surface area contributed by atoms with E-state index in [1.54, 1.807) is 18.0 Å². The van der Waals surface area contributed by atoms with Gasteiger partial charge < -0.3 is 9.73 Å². The van der Waals surface area contributed by atoms with Crippen LogP contribution in [0.15, 0.2) is 15.9 Å². The zero-order valence-corrected chi connectivity index (χ0v) is 9.15. The maximum Gasteiger partial charge on any atom is 0.255 e. The Kier molecular flexibility index (Phi) is 4.32. The Morgan fingerprint density at radius 2 is 2.38 bits per heavy atom. The van der Waals surface area contributed by atoms with Gasteiger partial charge in [0.05, 0.1) is 5.69 Å². The zero-order valence-electron chi connectivity index (χ0n) is 8.33. The van der Waals surface area contributed by atoms with Crippen molar-refractivity contribution in [2.45, 2.75) is 32.0 Å². The van der Waals surface area contributed by atoms with Crippen LogP contribution >= 0.6 is 11.8 Å². The number of nitrogens with one attached hydrogen (secondary N) is 1. The maximum atomic E-state index is 5.20. The van der Waals surface area contributed by atoms with Crippen molar-refractivity contribution in [1.29, 1.82) is 0 Å². The standard InChI is InChI=1S/C9H16N2OS/c1-7(2)10-4-5-13-9-11-8(3)6-12-9/h6-7,10H,4-5H2,1-3H3. The van der Waals surface area contributed by atoms with Gasteiger partial charge in [0.15, 0.2) is 0 Å². The van der Waals surface area contributed by atoms with Crippen LogP contribution in [0.3, 0.4) is 0 Å². The molecule has 1 heterocycles. The quantitative estimate of drug-likeness (QED) is 0.583. The van der Waals surface area contributed by atoms with Crippen LogP contribution in [0, 0.1) is 6.92 Å². The molecular weight excluding hydrogens is 184 g/mol. The molecule has 0 spiro atoms. The molecule has 0 aliphatic carbocycles. The number of hydrogen-bond donors (Lipinski definition) is 1. The topological polar surface area (TPSA) is 38.1 Å². The number of aromatic nitrogens is 1. The number of oxazole rings is 1. The first-order chi connectivity index (χ1) is 6.18. The Morgan fingerprint density at radius 3 is 2.92 bits per heavy atom. The van der Waals surface area contributed by atoms with Crippen LogP contribution in [0.5, 0.6) is 0 Å². The minimum absolute atomic E-state index is 0.548. The zero-order chi connectivity index (χ0) is 9.68. The molecule has 0 fully saturated rings. The lowest BCUT2D eigenvalue weighted by atomic mass is 10.4. The minimum Gasteiger partial charge on any atom is -0.440 e. The lowest BCUT2D eigenvalue weighted by Crippen LogP contribution is -2.24. The fraction of sp³-hybridized carbons (Fsp3) is 0.667. The molecule has 0 atom stereocenters. The highest BCUT2D eigenvalue weighted by atomic mass is 32.2. The van der Waals surface area contributed by atoms with E-state index in [1.807, 2.05) is 6.92 Å². The van der Waals surface area contributed by atoms with Crippen LogP contribution in [0.4, 0.5) is 0 Å². The molecule has 74 valence electrons.